The van der Waals surface area contributed by atoms with Gasteiger partial charge in [-0.15, -0.1) is 0 Å². The average Bonchev–Trinajstić information content (AvgIpc) is 2.61. The largest absolute Gasteiger partial charge is 0.339 e. The molecule has 2 heteroatoms. The van der Waals surface area contributed by atoms with Crippen molar-refractivity contribution < 1.29 is 4.79 Å². The summed E-state index contributed by atoms with van der Waals surface area (Å²) in [6, 6.07) is 0. The summed E-state index contributed by atoms with van der Waals surface area (Å²) in [7, 11) is 0. The van der Waals surface area contributed by atoms with Gasteiger partial charge in [-0.1, -0.05) is 20.4 Å². The van der Waals surface area contributed by atoms with Gasteiger partial charge in [-0.05, 0) is 30.8 Å². The van der Waals surface area contributed by atoms with Crippen molar-refractivity contribution in [3.63, 3.8) is 0 Å². The van der Waals surface area contributed by atoms with E-state index in [0.717, 1.165) is 19.5 Å². The maximum atomic E-state index is 11.3. The van der Waals surface area contributed by atoms with Gasteiger partial charge in [0.1, 0.15) is 0 Å². The Bertz CT molecular complexity index is 206. The molecular formula is C11H19NO. The van der Waals surface area contributed by atoms with E-state index in [0.29, 0.717) is 5.41 Å². The van der Waals surface area contributed by atoms with Crippen LogP contribution in [0.25, 0.3) is 0 Å². The van der Waals surface area contributed by atoms with Crippen molar-refractivity contribution in [3.05, 3.63) is 12.7 Å². The molecule has 0 N–H and O–H groups in total. The highest BCUT2D eigenvalue weighted by atomic mass is 16.2. The molecule has 0 bridgehead atoms. The highest BCUT2D eigenvalue weighted by Crippen LogP contribution is 2.36. The molecule has 1 fully saturated rings. The Kier molecular flexibility index (Phi) is 3.12. The van der Waals surface area contributed by atoms with Crippen molar-refractivity contribution in [1.82, 2.24) is 4.90 Å². The lowest BCUT2D eigenvalue weighted by atomic mass is 9.82. The van der Waals surface area contributed by atoms with Crippen LogP contribution in [0.15, 0.2) is 12.7 Å². The zero-order chi connectivity index (χ0) is 9.90. The molecule has 0 aliphatic carbocycles. The molecule has 0 aromatic rings. The molecule has 2 nitrogen and oxygen atoms in total. The minimum Gasteiger partial charge on any atom is -0.339 e. The van der Waals surface area contributed by atoms with Crippen LogP contribution in [-0.4, -0.2) is 23.9 Å². The lowest BCUT2D eigenvalue weighted by Gasteiger charge is -2.25. The molecule has 1 heterocycles. The first kappa shape index (κ1) is 10.3. The second-order valence-electron chi connectivity index (χ2n) is 3.92. The van der Waals surface area contributed by atoms with E-state index in [9.17, 15) is 4.79 Å². The molecule has 74 valence electrons. The molecule has 0 radical (unpaired) electrons. The Morgan fingerprint density at radius 1 is 1.54 bits per heavy atom. The summed E-state index contributed by atoms with van der Waals surface area (Å²) >= 11 is 0. The van der Waals surface area contributed by atoms with E-state index in [1.54, 1.807) is 0 Å². The Morgan fingerprint density at radius 2 is 2.15 bits per heavy atom. The van der Waals surface area contributed by atoms with Crippen molar-refractivity contribution in [2.24, 2.45) is 5.41 Å². The molecule has 0 unspecified atom stereocenters. The van der Waals surface area contributed by atoms with Gasteiger partial charge < -0.3 is 4.90 Å². The van der Waals surface area contributed by atoms with Crippen molar-refractivity contribution in [2.45, 2.75) is 33.1 Å². The molecule has 0 aromatic heterocycles. The first-order valence-electron chi connectivity index (χ1n) is 5.09. The van der Waals surface area contributed by atoms with Crippen LogP contribution in [0.1, 0.15) is 33.1 Å². The number of carbonyl (C=O) groups is 1. The summed E-state index contributed by atoms with van der Waals surface area (Å²) in [6.07, 6.45) is 4.91. The Morgan fingerprint density at radius 3 is 2.54 bits per heavy atom. The fourth-order valence-corrected chi connectivity index (χ4v) is 2.08. The number of likely N-dealkylation sites (tertiary alicyclic amines) is 1. The van der Waals surface area contributed by atoms with E-state index in [4.69, 9.17) is 0 Å². The van der Waals surface area contributed by atoms with Crippen LogP contribution in [0, 0.1) is 5.41 Å². The van der Waals surface area contributed by atoms with Gasteiger partial charge in [0.25, 0.3) is 0 Å². The smallest absolute Gasteiger partial charge is 0.245 e. The molecule has 1 aliphatic rings. The van der Waals surface area contributed by atoms with Crippen molar-refractivity contribution >= 4 is 5.91 Å². The van der Waals surface area contributed by atoms with Gasteiger partial charge in [0.15, 0.2) is 0 Å². The minimum atomic E-state index is 0.0868. The topological polar surface area (TPSA) is 20.3 Å². The summed E-state index contributed by atoms with van der Waals surface area (Å²) in [4.78, 5) is 13.3. The highest BCUT2D eigenvalue weighted by molar-refractivity contribution is 5.87. The molecule has 1 saturated heterocycles. The predicted octanol–water partition coefficient (Wildman–Crippen LogP) is 2.21. The number of hydrogen-bond donors (Lipinski definition) is 0. The molecule has 0 spiro atoms. The molecule has 1 amide bonds. The second kappa shape index (κ2) is 3.95. The predicted molar refractivity (Wildman–Crippen MR) is 54.4 cm³/mol. The SMILES string of the molecule is C=CC(=O)N1CCC(CC)(CC)C1. The van der Waals surface area contributed by atoms with Crippen LogP contribution in [0.5, 0.6) is 0 Å². The summed E-state index contributed by atoms with van der Waals surface area (Å²) in [5.74, 6) is 0.0868. The molecule has 0 saturated carbocycles. The van der Waals surface area contributed by atoms with Crippen molar-refractivity contribution in [3.8, 4) is 0 Å². The van der Waals surface area contributed by atoms with E-state index in [1.807, 2.05) is 4.90 Å². The Balaban J connectivity index is 2.61. The molecule has 0 atom stereocenters. The zero-order valence-electron chi connectivity index (χ0n) is 8.68. The van der Waals surface area contributed by atoms with Gasteiger partial charge in [-0.2, -0.15) is 0 Å². The van der Waals surface area contributed by atoms with Crippen LogP contribution in [-0.2, 0) is 4.79 Å². The second-order valence-corrected chi connectivity index (χ2v) is 3.92. The van der Waals surface area contributed by atoms with E-state index in [-0.39, 0.29) is 5.91 Å². The summed E-state index contributed by atoms with van der Waals surface area (Å²) in [5, 5.41) is 0. The lowest BCUT2D eigenvalue weighted by Crippen LogP contribution is -2.30. The minimum absolute atomic E-state index is 0.0868. The van der Waals surface area contributed by atoms with E-state index < -0.39 is 0 Å². The monoisotopic (exact) mass is 181 g/mol. The fraction of sp³-hybridized carbons (Fsp3) is 0.727. The average molecular weight is 181 g/mol. The van der Waals surface area contributed by atoms with Crippen LogP contribution in [0.2, 0.25) is 0 Å². The third-order valence-corrected chi connectivity index (χ3v) is 3.42. The molecule has 0 aromatic carbocycles. The van der Waals surface area contributed by atoms with Crippen LogP contribution < -0.4 is 0 Å². The van der Waals surface area contributed by atoms with Gasteiger partial charge in [0.05, 0.1) is 0 Å². The first-order chi connectivity index (χ1) is 6.17. The van der Waals surface area contributed by atoms with Gasteiger partial charge >= 0.3 is 0 Å². The third-order valence-electron chi connectivity index (χ3n) is 3.42. The number of nitrogens with zero attached hydrogens (tertiary/aromatic N) is 1. The first-order valence-corrected chi connectivity index (χ1v) is 5.09. The highest BCUT2D eigenvalue weighted by Gasteiger charge is 2.36. The number of rotatable bonds is 3. The van der Waals surface area contributed by atoms with E-state index in [2.05, 4.69) is 20.4 Å². The maximum Gasteiger partial charge on any atom is 0.245 e. The lowest BCUT2D eigenvalue weighted by molar-refractivity contribution is -0.125. The number of carbonyl (C=O) groups excluding carboxylic acids is 1. The van der Waals surface area contributed by atoms with Gasteiger partial charge in [-0.3, -0.25) is 4.79 Å². The standard InChI is InChI=1S/C11H19NO/c1-4-10(13)12-8-7-11(5-2,6-3)9-12/h4H,1,5-9H2,2-3H3. The van der Waals surface area contributed by atoms with Gasteiger partial charge in [0, 0.05) is 13.1 Å². The molecular weight excluding hydrogens is 162 g/mol. The summed E-state index contributed by atoms with van der Waals surface area (Å²) in [5.41, 5.74) is 0.388. The van der Waals surface area contributed by atoms with Crippen LogP contribution in [0.4, 0.5) is 0 Å². The summed E-state index contributed by atoms with van der Waals surface area (Å²) < 4.78 is 0. The van der Waals surface area contributed by atoms with Crippen molar-refractivity contribution in [1.29, 1.82) is 0 Å². The zero-order valence-corrected chi connectivity index (χ0v) is 8.68. The summed E-state index contributed by atoms with van der Waals surface area (Å²) in [6.45, 7) is 9.77. The van der Waals surface area contributed by atoms with Gasteiger partial charge in [-0.25, -0.2) is 0 Å². The third kappa shape index (κ3) is 1.93. The quantitative estimate of drug-likeness (QED) is 0.611. The van der Waals surface area contributed by atoms with Gasteiger partial charge in [0.2, 0.25) is 5.91 Å². The Hall–Kier alpha value is -0.790. The van der Waals surface area contributed by atoms with E-state index in [1.165, 1.54) is 18.9 Å². The molecule has 1 rings (SSSR count). The molecule has 13 heavy (non-hydrogen) atoms. The molecule has 1 aliphatic heterocycles. The Labute approximate surface area is 80.6 Å². The van der Waals surface area contributed by atoms with E-state index >= 15 is 0 Å². The van der Waals surface area contributed by atoms with Crippen molar-refractivity contribution in [2.75, 3.05) is 13.1 Å². The van der Waals surface area contributed by atoms with Crippen LogP contribution >= 0.6 is 0 Å². The normalized spacial score (nSPS) is 20.3. The van der Waals surface area contributed by atoms with Crippen LogP contribution in [0.3, 0.4) is 0 Å². The number of hydrogen-bond acceptors (Lipinski definition) is 1. The number of amides is 1. The fourth-order valence-electron chi connectivity index (χ4n) is 2.08. The maximum absolute atomic E-state index is 11.3.